The number of hydrogen-bond acceptors (Lipinski definition) is 2. The molecule has 0 saturated carbocycles. The van der Waals surface area contributed by atoms with Gasteiger partial charge in [-0.15, -0.1) is 11.3 Å². The van der Waals surface area contributed by atoms with Gasteiger partial charge in [0.25, 0.3) is 0 Å². The molecule has 0 bridgehead atoms. The Labute approximate surface area is 192 Å². The van der Waals surface area contributed by atoms with Gasteiger partial charge in [0.15, 0.2) is 30.6 Å². The predicted octanol–water partition coefficient (Wildman–Crippen LogP) is 6.73. The quantitative estimate of drug-likeness (QED) is 0.295. The monoisotopic (exact) mass is 454 g/mol. The summed E-state index contributed by atoms with van der Waals surface area (Å²) in [4.78, 5) is 7.54. The number of rotatable bonds is 4. The van der Waals surface area contributed by atoms with Gasteiger partial charge in [-0.3, -0.25) is 0 Å². The maximum atomic E-state index is 14.2. The second kappa shape index (κ2) is 7.90. The summed E-state index contributed by atoms with van der Waals surface area (Å²) in [5, 5.41) is 3.49. The summed E-state index contributed by atoms with van der Waals surface area (Å²) in [5.41, 5.74) is 5.20. The first kappa shape index (κ1) is 19.8. The number of hydrogen-bond donors (Lipinski definition) is 1. The summed E-state index contributed by atoms with van der Waals surface area (Å²) in [5.74, 6) is -1.48. The number of nitrogens with one attached hydrogen (secondary N) is 1. The third-order valence-electron chi connectivity index (χ3n) is 5.80. The van der Waals surface area contributed by atoms with Crippen molar-refractivity contribution in [3.63, 3.8) is 0 Å². The summed E-state index contributed by atoms with van der Waals surface area (Å²) >= 11 is 1.76. The van der Waals surface area contributed by atoms with Crippen LogP contribution in [0.25, 0.3) is 43.6 Å². The summed E-state index contributed by atoms with van der Waals surface area (Å²) in [7, 11) is 0. The Balaban J connectivity index is 1.27. The lowest BCUT2D eigenvalue weighted by Gasteiger charge is -2.02. The highest BCUT2D eigenvalue weighted by molar-refractivity contribution is 7.17. The third-order valence-corrected chi connectivity index (χ3v) is 6.76. The Bertz CT molecular complexity index is 1620. The molecule has 0 atom stereocenters. The Morgan fingerprint density at radius 2 is 1.73 bits per heavy atom. The van der Waals surface area contributed by atoms with Crippen molar-refractivity contribution in [2.75, 3.05) is 0 Å². The number of fused-ring (bicyclic) bond motifs is 2. The fourth-order valence-electron chi connectivity index (χ4n) is 4.12. The van der Waals surface area contributed by atoms with Crippen molar-refractivity contribution in [2.45, 2.75) is 6.54 Å². The first-order valence-electron chi connectivity index (χ1n) is 10.5. The molecule has 160 valence electrons. The van der Waals surface area contributed by atoms with E-state index in [0.717, 1.165) is 11.6 Å². The molecule has 0 radical (unpaired) electrons. The van der Waals surface area contributed by atoms with Crippen LogP contribution in [0.5, 0.6) is 0 Å². The average Bonchev–Trinajstić information content (AvgIpc) is 3.45. The SMILES string of the molecule is Fc1cccc(-c2nc3cc[n+](Cc4ccc(-c5csc6ccccc56)cc4)cc3[nH]2)c1F. The lowest BCUT2D eigenvalue weighted by Crippen LogP contribution is -2.33. The van der Waals surface area contributed by atoms with Crippen molar-refractivity contribution in [3.8, 4) is 22.5 Å². The number of pyridine rings is 1. The molecular formula is C27H18F2N3S+. The summed E-state index contributed by atoms with van der Waals surface area (Å²) in [6.07, 6.45) is 3.87. The van der Waals surface area contributed by atoms with E-state index < -0.39 is 11.6 Å². The molecule has 0 aliphatic heterocycles. The van der Waals surface area contributed by atoms with Crippen LogP contribution in [0.15, 0.2) is 90.6 Å². The molecule has 33 heavy (non-hydrogen) atoms. The molecule has 0 aliphatic carbocycles. The third kappa shape index (κ3) is 3.58. The summed E-state index contributed by atoms with van der Waals surface area (Å²) in [6, 6.07) is 23.0. The molecule has 3 aromatic heterocycles. The van der Waals surface area contributed by atoms with E-state index in [9.17, 15) is 8.78 Å². The van der Waals surface area contributed by atoms with Gasteiger partial charge in [-0.2, -0.15) is 4.57 Å². The largest absolute Gasteiger partial charge is 0.333 e. The molecule has 0 saturated heterocycles. The minimum Gasteiger partial charge on any atom is -0.333 e. The fraction of sp³-hybridized carbons (Fsp3) is 0.0370. The zero-order chi connectivity index (χ0) is 22.4. The van der Waals surface area contributed by atoms with Crippen LogP contribution in [-0.2, 0) is 6.54 Å². The second-order valence-corrected chi connectivity index (χ2v) is 8.86. The highest BCUT2D eigenvalue weighted by atomic mass is 32.1. The van der Waals surface area contributed by atoms with E-state index in [0.29, 0.717) is 17.9 Å². The lowest BCUT2D eigenvalue weighted by molar-refractivity contribution is -0.687. The number of imidazole rings is 1. The van der Waals surface area contributed by atoms with E-state index in [1.165, 1.54) is 38.9 Å². The topological polar surface area (TPSA) is 32.6 Å². The molecular weight excluding hydrogens is 436 g/mol. The van der Waals surface area contributed by atoms with Crippen molar-refractivity contribution in [1.82, 2.24) is 9.97 Å². The van der Waals surface area contributed by atoms with Crippen molar-refractivity contribution in [1.29, 1.82) is 0 Å². The van der Waals surface area contributed by atoms with Crippen molar-refractivity contribution < 1.29 is 13.3 Å². The molecule has 0 amide bonds. The van der Waals surface area contributed by atoms with Gasteiger partial charge >= 0.3 is 0 Å². The number of H-pyrrole nitrogens is 1. The first-order valence-corrected chi connectivity index (χ1v) is 11.4. The minimum absolute atomic E-state index is 0.120. The van der Waals surface area contributed by atoms with Crippen LogP contribution in [0.1, 0.15) is 5.56 Å². The minimum atomic E-state index is -0.900. The van der Waals surface area contributed by atoms with E-state index in [1.807, 2.05) is 23.0 Å². The number of nitrogens with zero attached hydrogens (tertiary/aromatic N) is 2. The number of thiophene rings is 1. The molecule has 3 heterocycles. The van der Waals surface area contributed by atoms with Gasteiger partial charge in [-0.05, 0) is 29.1 Å². The van der Waals surface area contributed by atoms with Gasteiger partial charge in [-0.25, -0.2) is 13.8 Å². The van der Waals surface area contributed by atoms with Crippen molar-refractivity contribution in [3.05, 3.63) is 108 Å². The predicted molar refractivity (Wildman–Crippen MR) is 128 cm³/mol. The van der Waals surface area contributed by atoms with Crippen LogP contribution in [0, 0.1) is 11.6 Å². The summed E-state index contributed by atoms with van der Waals surface area (Å²) in [6.45, 7) is 0.684. The smallest absolute Gasteiger partial charge is 0.195 e. The molecule has 0 spiro atoms. The van der Waals surface area contributed by atoms with Crippen LogP contribution in [0.4, 0.5) is 8.78 Å². The first-order chi connectivity index (χ1) is 16.2. The van der Waals surface area contributed by atoms with Gasteiger partial charge in [0.05, 0.1) is 5.56 Å². The number of halogens is 2. The van der Waals surface area contributed by atoms with Crippen molar-refractivity contribution in [2.24, 2.45) is 0 Å². The Morgan fingerprint density at radius 3 is 2.61 bits per heavy atom. The standard InChI is InChI=1S/C27H17F2N3S/c28-22-6-3-5-20(26(22)29)27-30-23-12-13-32(15-24(23)31-27)14-17-8-10-18(11-9-17)21-16-33-25-7-2-1-4-19(21)25/h1-13,15-16H,14H2/p+1. The lowest BCUT2D eigenvalue weighted by atomic mass is 10.0. The van der Waals surface area contributed by atoms with E-state index in [2.05, 4.69) is 63.9 Å². The zero-order valence-electron chi connectivity index (χ0n) is 17.4. The number of benzene rings is 3. The normalized spacial score (nSPS) is 11.5. The number of aromatic amines is 1. The van der Waals surface area contributed by atoms with E-state index in [-0.39, 0.29) is 5.56 Å². The molecule has 6 rings (SSSR count). The van der Waals surface area contributed by atoms with Crippen LogP contribution >= 0.6 is 11.3 Å². The van der Waals surface area contributed by atoms with Crippen LogP contribution in [0.3, 0.4) is 0 Å². The van der Waals surface area contributed by atoms with E-state index >= 15 is 0 Å². The van der Waals surface area contributed by atoms with Gasteiger partial charge in [-0.1, -0.05) is 48.5 Å². The molecule has 3 nitrogen and oxygen atoms in total. The van der Waals surface area contributed by atoms with Crippen LogP contribution < -0.4 is 4.57 Å². The second-order valence-electron chi connectivity index (χ2n) is 7.95. The molecule has 1 N–H and O–H groups in total. The Hall–Kier alpha value is -3.90. The maximum absolute atomic E-state index is 14.2. The van der Waals surface area contributed by atoms with Crippen LogP contribution in [-0.4, -0.2) is 9.97 Å². The molecule has 0 unspecified atom stereocenters. The Kier molecular flexibility index (Phi) is 4.73. The Morgan fingerprint density at radius 1 is 0.879 bits per heavy atom. The molecule has 6 aromatic rings. The van der Waals surface area contributed by atoms with Crippen molar-refractivity contribution >= 4 is 32.5 Å². The van der Waals surface area contributed by atoms with Gasteiger partial charge in [0.1, 0.15) is 16.9 Å². The highest BCUT2D eigenvalue weighted by Crippen LogP contribution is 2.33. The number of aromatic nitrogens is 3. The van der Waals surface area contributed by atoms with Gasteiger partial charge < -0.3 is 4.98 Å². The fourth-order valence-corrected chi connectivity index (χ4v) is 5.09. The molecule has 0 fully saturated rings. The molecule has 6 heteroatoms. The molecule has 0 aliphatic rings. The van der Waals surface area contributed by atoms with Gasteiger partial charge in [0, 0.05) is 27.3 Å². The van der Waals surface area contributed by atoms with E-state index in [4.69, 9.17) is 0 Å². The zero-order valence-corrected chi connectivity index (χ0v) is 18.2. The highest BCUT2D eigenvalue weighted by Gasteiger charge is 2.15. The van der Waals surface area contributed by atoms with Gasteiger partial charge in [0.2, 0.25) is 0 Å². The summed E-state index contributed by atoms with van der Waals surface area (Å²) < 4.78 is 31.1. The van der Waals surface area contributed by atoms with Crippen LogP contribution in [0.2, 0.25) is 0 Å². The maximum Gasteiger partial charge on any atom is 0.195 e. The average molecular weight is 455 g/mol. The molecule has 3 aromatic carbocycles. The van der Waals surface area contributed by atoms with E-state index in [1.54, 1.807) is 11.3 Å².